The van der Waals surface area contributed by atoms with Crippen LogP contribution in [0.2, 0.25) is 0 Å². The first-order valence-corrected chi connectivity index (χ1v) is 6.68. The highest BCUT2D eigenvalue weighted by Crippen LogP contribution is 2.13. The topological polar surface area (TPSA) is 24.1 Å². The van der Waals surface area contributed by atoms with Crippen LogP contribution in [0.25, 0.3) is 0 Å². The fraction of sp³-hybridized carbons (Fsp3) is 1.00. The van der Waals surface area contributed by atoms with Crippen LogP contribution in [0.15, 0.2) is 0 Å². The number of hydrogen-bond acceptors (Lipinski definition) is 2. The fourth-order valence-corrected chi connectivity index (χ4v) is 2.36. The Kier molecular flexibility index (Phi) is 6.26. The smallest absolute Gasteiger partial charge is 0.00648 e. The maximum Gasteiger partial charge on any atom is 0.00648 e. The van der Waals surface area contributed by atoms with Gasteiger partial charge < -0.3 is 10.6 Å². The lowest BCUT2D eigenvalue weighted by Crippen LogP contribution is -2.20. The zero-order valence-corrected chi connectivity index (χ0v) is 10.7. The molecule has 0 saturated carbocycles. The Labute approximate surface area is 95.2 Å². The molecule has 2 N–H and O–H groups in total. The van der Waals surface area contributed by atoms with E-state index >= 15 is 0 Å². The number of nitrogens with one attached hydrogen (secondary N) is 2. The highest BCUT2D eigenvalue weighted by molar-refractivity contribution is 4.75. The third-order valence-electron chi connectivity index (χ3n) is 3.78. The number of hydrogen-bond donors (Lipinski definition) is 2. The van der Waals surface area contributed by atoms with Crippen LogP contribution in [0, 0.1) is 11.8 Å². The molecular weight excluding hydrogens is 184 g/mol. The third-order valence-corrected chi connectivity index (χ3v) is 3.78. The average molecular weight is 212 g/mol. The quantitative estimate of drug-likeness (QED) is 0.734. The van der Waals surface area contributed by atoms with Gasteiger partial charge in [-0.2, -0.15) is 0 Å². The molecule has 2 aliphatic rings. The Morgan fingerprint density at radius 1 is 1.13 bits per heavy atom. The van der Waals surface area contributed by atoms with E-state index < -0.39 is 0 Å². The Hall–Kier alpha value is -0.0800. The summed E-state index contributed by atoms with van der Waals surface area (Å²) in [5, 5.41) is 6.73. The van der Waals surface area contributed by atoms with Crippen molar-refractivity contribution in [1.82, 2.24) is 10.6 Å². The summed E-state index contributed by atoms with van der Waals surface area (Å²) in [7, 11) is 0. The van der Waals surface area contributed by atoms with Crippen molar-refractivity contribution in [3.8, 4) is 0 Å². The summed E-state index contributed by atoms with van der Waals surface area (Å²) >= 11 is 0. The summed E-state index contributed by atoms with van der Waals surface area (Å²) in [6.07, 6.45) is 5.55. The van der Waals surface area contributed by atoms with Crippen molar-refractivity contribution in [3.63, 3.8) is 0 Å². The molecule has 2 heteroatoms. The number of rotatable bonds is 2. The van der Waals surface area contributed by atoms with E-state index in [2.05, 4.69) is 31.4 Å². The van der Waals surface area contributed by atoms with Crippen molar-refractivity contribution in [2.24, 2.45) is 11.8 Å². The summed E-state index contributed by atoms with van der Waals surface area (Å²) < 4.78 is 0. The molecular formula is C13H28N2. The van der Waals surface area contributed by atoms with Crippen LogP contribution in [0.1, 0.15) is 46.5 Å². The molecule has 0 aliphatic carbocycles. The maximum absolute atomic E-state index is 3.37. The lowest BCUT2D eigenvalue weighted by Gasteiger charge is -2.05. The highest BCUT2D eigenvalue weighted by Gasteiger charge is 2.16. The SMILES string of the molecule is CC1CCNC1C.CCCC1CCNC1. The van der Waals surface area contributed by atoms with Crippen LogP contribution in [0.5, 0.6) is 0 Å². The van der Waals surface area contributed by atoms with Gasteiger partial charge in [-0.15, -0.1) is 0 Å². The van der Waals surface area contributed by atoms with Crippen LogP contribution < -0.4 is 10.6 Å². The minimum Gasteiger partial charge on any atom is -0.316 e. The minimum atomic E-state index is 0.764. The first-order valence-electron chi connectivity index (χ1n) is 6.68. The van der Waals surface area contributed by atoms with Crippen molar-refractivity contribution in [2.75, 3.05) is 19.6 Å². The van der Waals surface area contributed by atoms with E-state index in [1.165, 1.54) is 45.3 Å². The molecule has 0 aromatic heterocycles. The second kappa shape index (κ2) is 7.24. The first-order chi connectivity index (χ1) is 7.24. The van der Waals surface area contributed by atoms with Gasteiger partial charge in [0.25, 0.3) is 0 Å². The predicted molar refractivity (Wildman–Crippen MR) is 67.1 cm³/mol. The molecule has 2 heterocycles. The van der Waals surface area contributed by atoms with Gasteiger partial charge in [0.1, 0.15) is 0 Å². The molecule has 0 aromatic rings. The highest BCUT2D eigenvalue weighted by atomic mass is 14.9. The normalized spacial score (nSPS) is 35.0. The summed E-state index contributed by atoms with van der Waals surface area (Å²) in [5.41, 5.74) is 0. The van der Waals surface area contributed by atoms with E-state index in [4.69, 9.17) is 0 Å². The maximum atomic E-state index is 3.37. The first kappa shape index (κ1) is 13.0. The van der Waals surface area contributed by atoms with Gasteiger partial charge >= 0.3 is 0 Å². The molecule has 2 nitrogen and oxygen atoms in total. The van der Waals surface area contributed by atoms with Crippen LogP contribution in [-0.2, 0) is 0 Å². The zero-order chi connectivity index (χ0) is 11.1. The Morgan fingerprint density at radius 2 is 1.93 bits per heavy atom. The Balaban J connectivity index is 0.000000151. The summed E-state index contributed by atoms with van der Waals surface area (Å²) in [5.74, 6) is 1.90. The lowest BCUT2D eigenvalue weighted by molar-refractivity contribution is 0.519. The molecule has 2 saturated heterocycles. The minimum absolute atomic E-state index is 0.764. The second-order valence-corrected chi connectivity index (χ2v) is 5.16. The third kappa shape index (κ3) is 4.98. The van der Waals surface area contributed by atoms with Gasteiger partial charge in [-0.3, -0.25) is 0 Å². The lowest BCUT2D eigenvalue weighted by atomic mass is 10.0. The van der Waals surface area contributed by atoms with Crippen molar-refractivity contribution in [2.45, 2.75) is 52.5 Å². The van der Waals surface area contributed by atoms with Gasteiger partial charge in [0.2, 0.25) is 0 Å². The molecule has 90 valence electrons. The van der Waals surface area contributed by atoms with Gasteiger partial charge in [0.05, 0.1) is 0 Å². The molecule has 3 unspecified atom stereocenters. The van der Waals surface area contributed by atoms with Crippen LogP contribution in [0.3, 0.4) is 0 Å². The molecule has 2 fully saturated rings. The Bertz CT molecular complexity index is 145. The van der Waals surface area contributed by atoms with Crippen molar-refractivity contribution >= 4 is 0 Å². The molecule has 0 bridgehead atoms. The summed E-state index contributed by atoms with van der Waals surface area (Å²) in [4.78, 5) is 0. The van der Waals surface area contributed by atoms with Crippen LogP contribution in [-0.4, -0.2) is 25.7 Å². The van der Waals surface area contributed by atoms with Gasteiger partial charge in [0, 0.05) is 6.04 Å². The van der Waals surface area contributed by atoms with Gasteiger partial charge in [-0.25, -0.2) is 0 Å². The van der Waals surface area contributed by atoms with E-state index in [1.54, 1.807) is 0 Å². The average Bonchev–Trinajstić information content (AvgIpc) is 2.82. The van der Waals surface area contributed by atoms with E-state index in [0.29, 0.717) is 0 Å². The molecule has 15 heavy (non-hydrogen) atoms. The Morgan fingerprint density at radius 3 is 2.27 bits per heavy atom. The monoisotopic (exact) mass is 212 g/mol. The van der Waals surface area contributed by atoms with E-state index in [-0.39, 0.29) is 0 Å². The molecule has 2 aliphatic heterocycles. The van der Waals surface area contributed by atoms with Gasteiger partial charge in [0.15, 0.2) is 0 Å². The van der Waals surface area contributed by atoms with E-state index in [0.717, 1.165) is 17.9 Å². The fourth-order valence-electron chi connectivity index (χ4n) is 2.36. The molecule has 0 radical (unpaired) electrons. The molecule has 0 aromatic carbocycles. The summed E-state index contributed by atoms with van der Waals surface area (Å²) in [6.45, 7) is 10.6. The molecule has 3 atom stereocenters. The zero-order valence-electron chi connectivity index (χ0n) is 10.7. The largest absolute Gasteiger partial charge is 0.316 e. The molecule has 0 spiro atoms. The standard InChI is InChI=1S/C7H15N.C6H13N/c1-2-3-7-4-5-8-6-7;1-5-3-4-7-6(5)2/h7-8H,2-6H2,1H3;5-7H,3-4H2,1-2H3. The van der Waals surface area contributed by atoms with Crippen molar-refractivity contribution in [3.05, 3.63) is 0 Å². The van der Waals surface area contributed by atoms with E-state index in [1.807, 2.05) is 0 Å². The van der Waals surface area contributed by atoms with Crippen molar-refractivity contribution in [1.29, 1.82) is 0 Å². The van der Waals surface area contributed by atoms with Crippen molar-refractivity contribution < 1.29 is 0 Å². The summed E-state index contributed by atoms with van der Waals surface area (Å²) in [6, 6.07) is 0.764. The van der Waals surface area contributed by atoms with E-state index in [9.17, 15) is 0 Å². The van der Waals surface area contributed by atoms with Gasteiger partial charge in [-0.05, 0) is 57.7 Å². The predicted octanol–water partition coefficient (Wildman–Crippen LogP) is 2.40. The van der Waals surface area contributed by atoms with Crippen LogP contribution >= 0.6 is 0 Å². The molecule has 2 rings (SSSR count). The van der Waals surface area contributed by atoms with Gasteiger partial charge in [-0.1, -0.05) is 20.3 Å². The second-order valence-electron chi connectivity index (χ2n) is 5.16. The molecule has 0 amide bonds. The van der Waals surface area contributed by atoms with Crippen LogP contribution in [0.4, 0.5) is 0 Å².